The third-order valence-corrected chi connectivity index (χ3v) is 5.90. The largest absolute Gasteiger partial charge is 0.497 e. The Hall–Kier alpha value is -3.65. The zero-order valence-corrected chi connectivity index (χ0v) is 18.0. The van der Waals surface area contributed by atoms with Crippen LogP contribution in [0.4, 0.5) is 5.69 Å². The Labute approximate surface area is 181 Å². The standard InChI is InChI=1S/C23H23N3O4S/c1-3-17-7-9-18(10-8-17)16-24-25-23(27)19-5-4-6-22(15-19)31(28,29)26-20-11-13-21(30-2)14-12-20/h4-16,26H,3H2,1-2H3,(H,25,27)/b24-16-. The lowest BCUT2D eigenvalue weighted by Gasteiger charge is -2.09. The van der Waals surface area contributed by atoms with E-state index in [1.165, 1.54) is 43.2 Å². The number of hydrogen-bond acceptors (Lipinski definition) is 5. The number of nitrogens with one attached hydrogen (secondary N) is 2. The fourth-order valence-corrected chi connectivity index (χ4v) is 3.85. The Morgan fingerprint density at radius 3 is 2.39 bits per heavy atom. The molecule has 1 amide bonds. The molecule has 0 aromatic heterocycles. The van der Waals surface area contributed by atoms with Gasteiger partial charge in [-0.25, -0.2) is 13.8 Å². The lowest BCUT2D eigenvalue weighted by molar-refractivity contribution is 0.0955. The minimum atomic E-state index is -3.87. The molecule has 0 bridgehead atoms. The average molecular weight is 438 g/mol. The predicted octanol–water partition coefficient (Wildman–Crippen LogP) is 3.82. The molecule has 3 aromatic rings. The zero-order valence-electron chi connectivity index (χ0n) is 17.2. The number of sulfonamides is 1. The Balaban J connectivity index is 1.68. The second-order valence-corrected chi connectivity index (χ2v) is 8.34. The number of ether oxygens (including phenoxy) is 1. The summed E-state index contributed by atoms with van der Waals surface area (Å²) in [7, 11) is -2.34. The molecule has 0 saturated heterocycles. The number of amides is 1. The lowest BCUT2D eigenvalue weighted by Crippen LogP contribution is -2.19. The third kappa shape index (κ3) is 5.93. The highest BCUT2D eigenvalue weighted by Gasteiger charge is 2.16. The van der Waals surface area contributed by atoms with Crippen LogP contribution in [0.25, 0.3) is 0 Å². The maximum Gasteiger partial charge on any atom is 0.271 e. The van der Waals surface area contributed by atoms with Gasteiger partial charge in [0.15, 0.2) is 0 Å². The molecule has 0 unspecified atom stereocenters. The molecule has 3 rings (SSSR count). The van der Waals surface area contributed by atoms with Crippen LogP contribution < -0.4 is 14.9 Å². The number of hydrazone groups is 1. The van der Waals surface area contributed by atoms with Crippen LogP contribution in [0.15, 0.2) is 82.8 Å². The summed E-state index contributed by atoms with van der Waals surface area (Å²) in [5.41, 5.74) is 5.03. The summed E-state index contributed by atoms with van der Waals surface area (Å²) in [6.07, 6.45) is 2.48. The Kier molecular flexibility index (Phi) is 7.04. The molecule has 0 saturated carbocycles. The number of benzene rings is 3. The molecule has 0 aliphatic rings. The number of aryl methyl sites for hydroxylation is 1. The molecule has 0 aliphatic carbocycles. The van der Waals surface area contributed by atoms with Crippen molar-refractivity contribution in [2.45, 2.75) is 18.2 Å². The van der Waals surface area contributed by atoms with E-state index in [0.717, 1.165) is 12.0 Å². The van der Waals surface area contributed by atoms with Crippen molar-refractivity contribution in [1.29, 1.82) is 0 Å². The normalized spacial score (nSPS) is 11.3. The number of methoxy groups -OCH3 is 1. The molecule has 0 heterocycles. The molecular formula is C23H23N3O4S. The van der Waals surface area contributed by atoms with Crippen molar-refractivity contribution in [1.82, 2.24) is 5.43 Å². The van der Waals surface area contributed by atoms with E-state index in [1.54, 1.807) is 24.3 Å². The molecule has 7 nitrogen and oxygen atoms in total. The van der Waals surface area contributed by atoms with Gasteiger partial charge in [0, 0.05) is 11.3 Å². The minimum absolute atomic E-state index is 0.0323. The van der Waals surface area contributed by atoms with Crippen LogP contribution in [0.1, 0.15) is 28.4 Å². The molecule has 0 radical (unpaired) electrons. The number of rotatable bonds is 8. The van der Waals surface area contributed by atoms with Gasteiger partial charge in [0.2, 0.25) is 0 Å². The first-order valence-corrected chi connectivity index (χ1v) is 11.1. The van der Waals surface area contributed by atoms with Crippen molar-refractivity contribution in [2.24, 2.45) is 5.10 Å². The van der Waals surface area contributed by atoms with Crippen LogP contribution in [0.5, 0.6) is 5.75 Å². The summed E-state index contributed by atoms with van der Waals surface area (Å²) in [6, 6.07) is 20.0. The maximum atomic E-state index is 12.7. The predicted molar refractivity (Wildman–Crippen MR) is 121 cm³/mol. The first-order chi connectivity index (χ1) is 14.9. The van der Waals surface area contributed by atoms with Gasteiger partial charge in [-0.2, -0.15) is 5.10 Å². The summed E-state index contributed by atoms with van der Waals surface area (Å²) in [5, 5.41) is 3.95. The van der Waals surface area contributed by atoms with Gasteiger partial charge in [0.1, 0.15) is 5.75 Å². The van der Waals surface area contributed by atoms with Gasteiger partial charge >= 0.3 is 0 Å². The lowest BCUT2D eigenvalue weighted by atomic mass is 10.1. The highest BCUT2D eigenvalue weighted by Crippen LogP contribution is 2.20. The van der Waals surface area contributed by atoms with E-state index in [9.17, 15) is 13.2 Å². The van der Waals surface area contributed by atoms with E-state index in [1.807, 2.05) is 24.3 Å². The van der Waals surface area contributed by atoms with Gasteiger partial charge in [-0.3, -0.25) is 9.52 Å². The summed E-state index contributed by atoms with van der Waals surface area (Å²) in [5.74, 6) is 0.103. The van der Waals surface area contributed by atoms with Crippen molar-refractivity contribution in [2.75, 3.05) is 11.8 Å². The quantitative estimate of drug-likeness (QED) is 0.414. The molecule has 0 fully saturated rings. The summed E-state index contributed by atoms with van der Waals surface area (Å²) in [6.45, 7) is 2.07. The number of hydrogen-bond donors (Lipinski definition) is 2. The van der Waals surface area contributed by atoms with Crippen molar-refractivity contribution in [3.8, 4) is 5.75 Å². The number of carbonyl (C=O) groups excluding carboxylic acids is 1. The van der Waals surface area contributed by atoms with Crippen LogP contribution in [0.2, 0.25) is 0 Å². The maximum absolute atomic E-state index is 12.7. The monoisotopic (exact) mass is 437 g/mol. The van der Waals surface area contributed by atoms with Gasteiger partial charge in [-0.05, 0) is 60.0 Å². The molecule has 31 heavy (non-hydrogen) atoms. The fourth-order valence-electron chi connectivity index (χ4n) is 2.75. The number of anilines is 1. The van der Waals surface area contributed by atoms with Crippen molar-refractivity contribution in [3.63, 3.8) is 0 Å². The van der Waals surface area contributed by atoms with Crippen LogP contribution in [-0.2, 0) is 16.4 Å². The highest BCUT2D eigenvalue weighted by molar-refractivity contribution is 7.92. The first kappa shape index (κ1) is 22.0. The van der Waals surface area contributed by atoms with E-state index in [4.69, 9.17) is 4.74 Å². The van der Waals surface area contributed by atoms with Gasteiger partial charge < -0.3 is 4.74 Å². The first-order valence-electron chi connectivity index (χ1n) is 9.60. The summed E-state index contributed by atoms with van der Waals surface area (Å²) >= 11 is 0. The van der Waals surface area contributed by atoms with E-state index in [2.05, 4.69) is 22.2 Å². The summed E-state index contributed by atoms with van der Waals surface area (Å²) < 4.78 is 32.9. The molecule has 2 N–H and O–H groups in total. The molecule has 8 heteroatoms. The van der Waals surface area contributed by atoms with Crippen molar-refractivity contribution >= 4 is 27.8 Å². The second kappa shape index (κ2) is 9.90. The molecule has 0 spiro atoms. The second-order valence-electron chi connectivity index (χ2n) is 6.66. The van der Waals surface area contributed by atoms with Crippen molar-refractivity contribution in [3.05, 3.63) is 89.5 Å². The van der Waals surface area contributed by atoms with Crippen LogP contribution in [-0.4, -0.2) is 27.6 Å². The minimum Gasteiger partial charge on any atom is -0.497 e. The van der Waals surface area contributed by atoms with Gasteiger partial charge in [0.05, 0.1) is 18.2 Å². The number of carbonyl (C=O) groups is 1. The fraction of sp³-hybridized carbons (Fsp3) is 0.130. The van der Waals surface area contributed by atoms with Gasteiger partial charge in [-0.1, -0.05) is 37.3 Å². The summed E-state index contributed by atoms with van der Waals surface area (Å²) in [4.78, 5) is 12.4. The topological polar surface area (TPSA) is 96.9 Å². The number of nitrogens with zero attached hydrogens (tertiary/aromatic N) is 1. The van der Waals surface area contributed by atoms with Crippen LogP contribution in [0, 0.1) is 0 Å². The molecule has 160 valence electrons. The van der Waals surface area contributed by atoms with Gasteiger partial charge in [-0.15, -0.1) is 0 Å². The Bertz CT molecular complexity index is 1170. The molecular weight excluding hydrogens is 414 g/mol. The van der Waals surface area contributed by atoms with E-state index in [0.29, 0.717) is 11.4 Å². The SMILES string of the molecule is CCc1ccc(/C=N\NC(=O)c2cccc(S(=O)(=O)Nc3ccc(OC)cc3)c2)cc1. The Morgan fingerprint density at radius 2 is 1.74 bits per heavy atom. The smallest absolute Gasteiger partial charge is 0.271 e. The van der Waals surface area contributed by atoms with Gasteiger partial charge in [0.25, 0.3) is 15.9 Å². The zero-order chi connectivity index (χ0) is 22.3. The van der Waals surface area contributed by atoms with E-state index < -0.39 is 15.9 Å². The molecule has 3 aromatic carbocycles. The van der Waals surface area contributed by atoms with E-state index >= 15 is 0 Å². The van der Waals surface area contributed by atoms with Crippen LogP contribution in [0.3, 0.4) is 0 Å². The highest BCUT2D eigenvalue weighted by atomic mass is 32.2. The average Bonchev–Trinajstić information content (AvgIpc) is 2.80. The Morgan fingerprint density at radius 1 is 1.03 bits per heavy atom. The van der Waals surface area contributed by atoms with Crippen LogP contribution >= 0.6 is 0 Å². The molecule has 0 atom stereocenters. The molecule has 0 aliphatic heterocycles. The van der Waals surface area contributed by atoms with E-state index in [-0.39, 0.29) is 10.5 Å². The van der Waals surface area contributed by atoms with Crippen molar-refractivity contribution < 1.29 is 17.9 Å². The third-order valence-electron chi connectivity index (χ3n) is 4.52.